The van der Waals surface area contributed by atoms with Crippen molar-refractivity contribution in [3.05, 3.63) is 11.8 Å². The fraction of sp³-hybridized carbons (Fsp3) is 0.556. The highest BCUT2D eigenvalue weighted by Crippen LogP contribution is 2.01. The van der Waals surface area contributed by atoms with Gasteiger partial charge < -0.3 is 14.4 Å². The normalized spacial score (nSPS) is 11.0. The van der Waals surface area contributed by atoms with Gasteiger partial charge in [0.2, 0.25) is 0 Å². The number of esters is 1. The molecule has 0 radical (unpaired) electrons. The highest BCUT2D eigenvalue weighted by Gasteiger charge is 2.18. The summed E-state index contributed by atoms with van der Waals surface area (Å²) in [6, 6.07) is 0. The summed E-state index contributed by atoms with van der Waals surface area (Å²) in [6.07, 6.45) is 1.41. The van der Waals surface area contributed by atoms with E-state index in [-0.39, 0.29) is 12.2 Å². The van der Waals surface area contributed by atoms with E-state index in [1.54, 1.807) is 19.0 Å². The van der Waals surface area contributed by atoms with Crippen LogP contribution in [0.5, 0.6) is 0 Å². The van der Waals surface area contributed by atoms with E-state index in [0.717, 1.165) is 0 Å². The Kier molecular flexibility index (Phi) is 5.55. The summed E-state index contributed by atoms with van der Waals surface area (Å²) in [5.41, 5.74) is -0.0145. The summed E-state index contributed by atoms with van der Waals surface area (Å²) < 4.78 is 9.11. The molecule has 0 rings (SSSR count). The van der Waals surface area contributed by atoms with E-state index in [2.05, 4.69) is 9.47 Å². The maximum Gasteiger partial charge on any atom is 0.343 e. The molecule has 0 aliphatic rings. The summed E-state index contributed by atoms with van der Waals surface area (Å²) in [5.74, 6) is -1.05. The molecule has 5 heteroatoms. The molecule has 14 heavy (non-hydrogen) atoms. The zero-order chi connectivity index (χ0) is 11.1. The van der Waals surface area contributed by atoms with Gasteiger partial charge in [-0.15, -0.1) is 0 Å². The lowest BCUT2D eigenvalue weighted by Crippen LogP contribution is -2.21. The van der Waals surface area contributed by atoms with Gasteiger partial charge in [-0.25, -0.2) is 4.79 Å². The number of hydrogen-bond acceptors (Lipinski definition) is 5. The van der Waals surface area contributed by atoms with Crippen LogP contribution < -0.4 is 0 Å². The number of methoxy groups -OCH3 is 2. The Morgan fingerprint density at radius 2 is 1.86 bits per heavy atom. The van der Waals surface area contributed by atoms with E-state index >= 15 is 0 Å². The SMILES string of the molecule is COCC(=O)C(=CN(C)C)C(=O)OC. The first-order chi connectivity index (χ1) is 6.52. The van der Waals surface area contributed by atoms with Crippen molar-refractivity contribution in [1.29, 1.82) is 0 Å². The van der Waals surface area contributed by atoms with Crippen LogP contribution in [0.25, 0.3) is 0 Å². The molecule has 0 bridgehead atoms. The van der Waals surface area contributed by atoms with Crippen LogP contribution in [0.1, 0.15) is 0 Å². The summed E-state index contributed by atoms with van der Waals surface area (Å²) in [5, 5.41) is 0. The minimum Gasteiger partial charge on any atom is -0.465 e. The van der Waals surface area contributed by atoms with Gasteiger partial charge in [0.15, 0.2) is 5.78 Å². The van der Waals surface area contributed by atoms with Crippen LogP contribution >= 0.6 is 0 Å². The Balaban J connectivity index is 4.72. The lowest BCUT2D eigenvalue weighted by molar-refractivity contribution is -0.138. The molecule has 0 atom stereocenters. The van der Waals surface area contributed by atoms with Crippen molar-refractivity contribution < 1.29 is 19.1 Å². The molecule has 0 N–H and O–H groups in total. The molecule has 0 aliphatic heterocycles. The van der Waals surface area contributed by atoms with Gasteiger partial charge in [-0.2, -0.15) is 0 Å². The predicted molar refractivity (Wildman–Crippen MR) is 50.7 cm³/mol. The number of Topliss-reactive ketones (excluding diaryl/α,β-unsaturated/α-hetero) is 1. The van der Waals surface area contributed by atoms with Crippen molar-refractivity contribution in [1.82, 2.24) is 4.90 Å². The summed E-state index contributed by atoms with van der Waals surface area (Å²) in [7, 11) is 6.04. The van der Waals surface area contributed by atoms with Crippen LogP contribution in [0.2, 0.25) is 0 Å². The van der Waals surface area contributed by atoms with E-state index in [9.17, 15) is 9.59 Å². The first-order valence-corrected chi connectivity index (χ1v) is 4.01. The number of carbonyl (C=O) groups is 2. The third kappa shape index (κ3) is 4.04. The summed E-state index contributed by atoms with van der Waals surface area (Å²) in [4.78, 5) is 24.1. The summed E-state index contributed by atoms with van der Waals surface area (Å²) in [6.45, 7) is -0.130. The first-order valence-electron chi connectivity index (χ1n) is 4.01. The maximum absolute atomic E-state index is 11.4. The van der Waals surface area contributed by atoms with Crippen LogP contribution in [-0.4, -0.2) is 51.6 Å². The highest BCUT2D eigenvalue weighted by atomic mass is 16.5. The number of ketones is 1. The van der Waals surface area contributed by atoms with E-state index < -0.39 is 11.8 Å². The zero-order valence-electron chi connectivity index (χ0n) is 8.86. The Bertz CT molecular complexity index is 245. The van der Waals surface area contributed by atoms with Crippen molar-refractivity contribution in [2.75, 3.05) is 34.9 Å². The number of ether oxygens (including phenoxy) is 2. The third-order valence-electron chi connectivity index (χ3n) is 1.37. The first kappa shape index (κ1) is 12.6. The standard InChI is InChI=1S/C9H15NO4/c1-10(2)5-7(9(12)14-4)8(11)6-13-3/h5H,6H2,1-4H3. The lowest BCUT2D eigenvalue weighted by atomic mass is 10.2. The molecule has 0 fully saturated rings. The van der Waals surface area contributed by atoms with Crippen molar-refractivity contribution in [2.45, 2.75) is 0 Å². The number of carbonyl (C=O) groups excluding carboxylic acids is 2. The van der Waals surface area contributed by atoms with Gasteiger partial charge in [0, 0.05) is 27.4 Å². The Labute approximate surface area is 83.3 Å². The van der Waals surface area contributed by atoms with Gasteiger partial charge in [0.05, 0.1) is 7.11 Å². The molecule has 0 spiro atoms. The number of nitrogens with zero attached hydrogens (tertiary/aromatic N) is 1. The lowest BCUT2D eigenvalue weighted by Gasteiger charge is -2.08. The molecule has 0 aromatic rings. The molecule has 0 aromatic heterocycles. The average molecular weight is 201 g/mol. The van der Waals surface area contributed by atoms with Crippen molar-refractivity contribution in [2.24, 2.45) is 0 Å². The maximum atomic E-state index is 11.4. The fourth-order valence-electron chi connectivity index (χ4n) is 0.816. The topological polar surface area (TPSA) is 55.8 Å². The monoisotopic (exact) mass is 201 g/mol. The minimum atomic E-state index is -0.652. The van der Waals surface area contributed by atoms with Crippen LogP contribution in [0.4, 0.5) is 0 Å². The van der Waals surface area contributed by atoms with Crippen molar-refractivity contribution in [3.8, 4) is 0 Å². The molecule has 0 aliphatic carbocycles. The quantitative estimate of drug-likeness (QED) is 0.267. The van der Waals surface area contributed by atoms with E-state index in [1.807, 2.05) is 0 Å². The minimum absolute atomic E-state index is 0.0145. The molecular formula is C9H15NO4. The Morgan fingerprint density at radius 1 is 1.29 bits per heavy atom. The highest BCUT2D eigenvalue weighted by molar-refractivity contribution is 6.17. The van der Waals surface area contributed by atoms with Gasteiger partial charge in [-0.1, -0.05) is 0 Å². The second kappa shape index (κ2) is 6.15. The average Bonchev–Trinajstić information content (AvgIpc) is 2.13. The van der Waals surface area contributed by atoms with Gasteiger partial charge in [0.25, 0.3) is 0 Å². The van der Waals surface area contributed by atoms with Gasteiger partial charge in [-0.05, 0) is 0 Å². The van der Waals surface area contributed by atoms with E-state index in [1.165, 1.54) is 20.4 Å². The van der Waals surface area contributed by atoms with Crippen molar-refractivity contribution >= 4 is 11.8 Å². The molecule has 0 aromatic carbocycles. The van der Waals surface area contributed by atoms with Gasteiger partial charge in [-0.3, -0.25) is 4.79 Å². The number of hydrogen-bond donors (Lipinski definition) is 0. The smallest absolute Gasteiger partial charge is 0.343 e. The molecule has 0 heterocycles. The molecule has 0 amide bonds. The largest absolute Gasteiger partial charge is 0.465 e. The molecular weight excluding hydrogens is 186 g/mol. The molecule has 0 saturated carbocycles. The number of rotatable bonds is 5. The second-order valence-electron chi connectivity index (χ2n) is 2.85. The van der Waals surface area contributed by atoms with Gasteiger partial charge in [0.1, 0.15) is 12.2 Å². The Hall–Kier alpha value is -1.36. The zero-order valence-corrected chi connectivity index (χ0v) is 8.86. The van der Waals surface area contributed by atoms with E-state index in [0.29, 0.717) is 0 Å². The molecule has 0 saturated heterocycles. The van der Waals surface area contributed by atoms with Crippen LogP contribution in [0.15, 0.2) is 11.8 Å². The van der Waals surface area contributed by atoms with Crippen molar-refractivity contribution in [3.63, 3.8) is 0 Å². The molecule has 5 nitrogen and oxygen atoms in total. The van der Waals surface area contributed by atoms with Crippen LogP contribution in [0.3, 0.4) is 0 Å². The fourth-order valence-corrected chi connectivity index (χ4v) is 0.816. The van der Waals surface area contributed by atoms with E-state index in [4.69, 9.17) is 0 Å². The van der Waals surface area contributed by atoms with Crippen LogP contribution in [-0.2, 0) is 19.1 Å². The van der Waals surface area contributed by atoms with Gasteiger partial charge >= 0.3 is 5.97 Å². The predicted octanol–water partition coefficient (Wildman–Crippen LogP) is -0.180. The molecule has 0 unspecified atom stereocenters. The molecule has 80 valence electrons. The Morgan fingerprint density at radius 3 is 2.21 bits per heavy atom. The summed E-state index contributed by atoms with van der Waals surface area (Å²) >= 11 is 0. The van der Waals surface area contributed by atoms with Crippen LogP contribution in [0, 0.1) is 0 Å². The second-order valence-corrected chi connectivity index (χ2v) is 2.85. The third-order valence-corrected chi connectivity index (χ3v) is 1.37.